The van der Waals surface area contributed by atoms with Crippen LogP contribution in [0.4, 0.5) is 8.78 Å². The van der Waals surface area contributed by atoms with Gasteiger partial charge in [-0.15, -0.1) is 0 Å². The molecule has 1 saturated carbocycles. The van der Waals surface area contributed by atoms with E-state index in [2.05, 4.69) is 10.2 Å². The Balaban J connectivity index is 2.19. The number of aromatic nitrogens is 3. The largest absolute Gasteiger partial charge is 0.348 e. The van der Waals surface area contributed by atoms with E-state index in [1.54, 1.807) is 0 Å². The number of hydrogen-bond donors (Lipinski definition) is 2. The van der Waals surface area contributed by atoms with Gasteiger partial charge in [-0.25, -0.2) is 23.2 Å². The Bertz CT molecular complexity index is 701. The monoisotopic (exact) mass is 280 g/mol. The molecule has 0 bridgehead atoms. The third-order valence-electron chi connectivity index (χ3n) is 3.76. The molecule has 0 radical (unpaired) electrons. The summed E-state index contributed by atoms with van der Waals surface area (Å²) in [6, 6.07) is 3.04. The van der Waals surface area contributed by atoms with Gasteiger partial charge >= 0.3 is 5.69 Å². The molecule has 1 aromatic heterocycles. The Morgan fingerprint density at radius 2 is 2.00 bits per heavy atom. The zero-order chi connectivity index (χ0) is 14.3. The third kappa shape index (κ3) is 1.94. The summed E-state index contributed by atoms with van der Waals surface area (Å²) < 4.78 is 28.0. The molecule has 0 aliphatic heterocycles. The van der Waals surface area contributed by atoms with Gasteiger partial charge in [0.25, 0.3) is 0 Å². The quantitative estimate of drug-likeness (QED) is 0.876. The number of nitrogens with one attached hydrogen (secondary N) is 1. The molecule has 0 amide bonds. The van der Waals surface area contributed by atoms with Crippen LogP contribution in [-0.2, 0) is 5.54 Å². The van der Waals surface area contributed by atoms with Crippen molar-refractivity contribution in [3.63, 3.8) is 0 Å². The van der Waals surface area contributed by atoms with E-state index in [0.29, 0.717) is 18.7 Å². The van der Waals surface area contributed by atoms with Crippen molar-refractivity contribution in [1.29, 1.82) is 0 Å². The van der Waals surface area contributed by atoms with E-state index in [4.69, 9.17) is 5.73 Å². The van der Waals surface area contributed by atoms with E-state index in [-0.39, 0.29) is 5.69 Å². The number of H-pyrrole nitrogens is 1. The predicted octanol–water partition coefficient (Wildman–Crippen LogP) is 1.57. The van der Waals surface area contributed by atoms with Crippen molar-refractivity contribution >= 4 is 0 Å². The lowest BCUT2D eigenvalue weighted by atomic mass is 9.98. The van der Waals surface area contributed by atoms with Crippen molar-refractivity contribution in [2.45, 2.75) is 31.2 Å². The first kappa shape index (κ1) is 13.0. The Morgan fingerprint density at radius 3 is 2.65 bits per heavy atom. The molecule has 7 heteroatoms. The van der Waals surface area contributed by atoms with Gasteiger partial charge in [0, 0.05) is 6.07 Å². The first-order valence-corrected chi connectivity index (χ1v) is 6.43. The molecule has 1 fully saturated rings. The smallest absolute Gasteiger partial charge is 0.319 e. The molecule has 3 rings (SSSR count). The molecule has 0 spiro atoms. The summed E-state index contributed by atoms with van der Waals surface area (Å²) in [6.45, 7) is 0. The van der Waals surface area contributed by atoms with Crippen LogP contribution in [0.5, 0.6) is 0 Å². The van der Waals surface area contributed by atoms with Gasteiger partial charge in [0.05, 0.1) is 11.2 Å². The minimum absolute atomic E-state index is 0.0446. The molecule has 106 valence electrons. The van der Waals surface area contributed by atoms with Crippen LogP contribution < -0.4 is 11.4 Å². The highest BCUT2D eigenvalue weighted by Crippen LogP contribution is 2.35. The Morgan fingerprint density at radius 1 is 1.30 bits per heavy atom. The van der Waals surface area contributed by atoms with Gasteiger partial charge in [-0.1, -0.05) is 12.8 Å². The van der Waals surface area contributed by atoms with Crippen LogP contribution in [0, 0.1) is 11.6 Å². The molecule has 2 aromatic rings. The van der Waals surface area contributed by atoms with E-state index in [0.717, 1.165) is 29.5 Å². The minimum Gasteiger partial charge on any atom is -0.319 e. The van der Waals surface area contributed by atoms with Crippen LogP contribution >= 0.6 is 0 Å². The van der Waals surface area contributed by atoms with E-state index in [9.17, 15) is 13.6 Å². The number of halogens is 2. The fourth-order valence-electron chi connectivity index (χ4n) is 2.75. The molecule has 5 nitrogen and oxygen atoms in total. The van der Waals surface area contributed by atoms with Crippen LogP contribution in [-0.4, -0.2) is 14.8 Å². The van der Waals surface area contributed by atoms with Crippen molar-refractivity contribution in [3.05, 3.63) is 46.1 Å². The van der Waals surface area contributed by atoms with E-state index in [1.807, 2.05) is 0 Å². The van der Waals surface area contributed by atoms with Crippen molar-refractivity contribution in [1.82, 2.24) is 14.8 Å². The van der Waals surface area contributed by atoms with Gasteiger partial charge in [-0.05, 0) is 25.0 Å². The van der Waals surface area contributed by atoms with Crippen LogP contribution in [0.1, 0.15) is 31.5 Å². The molecule has 1 aromatic carbocycles. The normalized spacial score (nSPS) is 17.6. The summed E-state index contributed by atoms with van der Waals surface area (Å²) in [5.74, 6) is -1.23. The maximum atomic E-state index is 13.9. The van der Waals surface area contributed by atoms with Gasteiger partial charge in [-0.2, -0.15) is 5.10 Å². The molecule has 3 N–H and O–H groups in total. The molecule has 1 aliphatic carbocycles. The van der Waals surface area contributed by atoms with Crippen LogP contribution in [0.3, 0.4) is 0 Å². The van der Waals surface area contributed by atoms with Crippen LogP contribution in [0.15, 0.2) is 23.0 Å². The topological polar surface area (TPSA) is 76.7 Å². The summed E-state index contributed by atoms with van der Waals surface area (Å²) in [4.78, 5) is 11.9. The van der Waals surface area contributed by atoms with Crippen molar-refractivity contribution < 1.29 is 8.78 Å². The number of hydrogen-bond acceptors (Lipinski definition) is 3. The minimum atomic E-state index is -0.823. The first-order chi connectivity index (χ1) is 9.51. The fourth-order valence-corrected chi connectivity index (χ4v) is 2.75. The standard InChI is InChI=1S/C13H14F2N4O/c14-8-3-4-10(9(15)7-8)19-11(17-18-12(19)20)13(16)5-1-2-6-13/h3-4,7H,1-2,5-6,16H2,(H,18,20). The lowest BCUT2D eigenvalue weighted by molar-refractivity contribution is 0.421. The average molecular weight is 280 g/mol. The molecular weight excluding hydrogens is 266 g/mol. The second-order valence-corrected chi connectivity index (χ2v) is 5.15. The summed E-state index contributed by atoms with van der Waals surface area (Å²) >= 11 is 0. The Kier molecular flexibility index (Phi) is 2.93. The van der Waals surface area contributed by atoms with Gasteiger partial charge in [0.1, 0.15) is 11.6 Å². The summed E-state index contributed by atoms with van der Waals surface area (Å²) in [7, 11) is 0. The Hall–Kier alpha value is -2.02. The fraction of sp³-hybridized carbons (Fsp3) is 0.385. The van der Waals surface area contributed by atoms with E-state index < -0.39 is 22.9 Å². The van der Waals surface area contributed by atoms with Crippen LogP contribution in [0.25, 0.3) is 5.69 Å². The number of rotatable bonds is 2. The first-order valence-electron chi connectivity index (χ1n) is 6.43. The average Bonchev–Trinajstić information content (AvgIpc) is 2.98. The van der Waals surface area contributed by atoms with Gasteiger partial charge in [-0.3, -0.25) is 0 Å². The maximum Gasteiger partial charge on any atom is 0.348 e. The molecule has 0 saturated heterocycles. The van der Waals surface area contributed by atoms with Crippen LogP contribution in [0.2, 0.25) is 0 Å². The van der Waals surface area contributed by atoms with Gasteiger partial charge in [0.15, 0.2) is 5.82 Å². The highest BCUT2D eigenvalue weighted by molar-refractivity contribution is 5.36. The highest BCUT2D eigenvalue weighted by atomic mass is 19.1. The summed E-state index contributed by atoms with van der Waals surface area (Å²) in [5, 5.41) is 6.25. The zero-order valence-electron chi connectivity index (χ0n) is 10.7. The Labute approximate surface area is 113 Å². The zero-order valence-corrected chi connectivity index (χ0v) is 10.7. The van der Waals surface area contributed by atoms with Crippen molar-refractivity contribution in [2.75, 3.05) is 0 Å². The second kappa shape index (κ2) is 4.52. The third-order valence-corrected chi connectivity index (χ3v) is 3.76. The number of aromatic amines is 1. The molecular formula is C13H14F2N4O. The molecule has 0 atom stereocenters. The SMILES string of the molecule is NC1(c2n[nH]c(=O)n2-c2ccc(F)cc2F)CCCC1. The van der Waals surface area contributed by atoms with Crippen molar-refractivity contribution in [2.24, 2.45) is 5.73 Å². The molecule has 0 unspecified atom stereocenters. The van der Waals surface area contributed by atoms with Gasteiger partial charge in [0.2, 0.25) is 0 Å². The number of benzene rings is 1. The molecule has 20 heavy (non-hydrogen) atoms. The lowest BCUT2D eigenvalue weighted by Gasteiger charge is -2.22. The molecule has 1 aliphatic rings. The highest BCUT2D eigenvalue weighted by Gasteiger charge is 2.37. The maximum absolute atomic E-state index is 13.9. The van der Waals surface area contributed by atoms with E-state index >= 15 is 0 Å². The lowest BCUT2D eigenvalue weighted by Crippen LogP contribution is -2.37. The number of nitrogens with two attached hydrogens (primary N) is 1. The summed E-state index contributed by atoms with van der Waals surface area (Å²) in [5.41, 5.74) is 4.90. The summed E-state index contributed by atoms with van der Waals surface area (Å²) in [6.07, 6.45) is 3.23. The molecule has 1 heterocycles. The van der Waals surface area contributed by atoms with E-state index in [1.165, 1.54) is 6.07 Å². The predicted molar refractivity (Wildman–Crippen MR) is 68.4 cm³/mol. The number of nitrogens with zero attached hydrogens (tertiary/aromatic N) is 2. The van der Waals surface area contributed by atoms with Crippen molar-refractivity contribution in [3.8, 4) is 5.69 Å². The second-order valence-electron chi connectivity index (χ2n) is 5.15. The van der Waals surface area contributed by atoms with Gasteiger partial charge < -0.3 is 5.73 Å².